The maximum atomic E-state index is 13.5. The molecular formula is C45H47ClN4O8S. The number of aryl methyl sites for hydroxylation is 2. The molecule has 1 aliphatic heterocycles. The van der Waals surface area contributed by atoms with E-state index in [-0.39, 0.29) is 42.9 Å². The molecule has 0 aliphatic carbocycles. The van der Waals surface area contributed by atoms with Gasteiger partial charge in [-0.2, -0.15) is 12.7 Å². The second-order valence-electron chi connectivity index (χ2n) is 14.3. The number of aromatic nitrogens is 3. The van der Waals surface area contributed by atoms with Gasteiger partial charge in [0.2, 0.25) is 0 Å². The minimum atomic E-state index is -4.17. The Hall–Kier alpha value is -5.31. The summed E-state index contributed by atoms with van der Waals surface area (Å²) in [5, 5.41) is 9.24. The Balaban J connectivity index is 1.08. The lowest BCUT2D eigenvalue weighted by Gasteiger charge is -2.29. The smallest absolute Gasteiger partial charge is 0.385 e. The number of ether oxygens (including phenoxy) is 4. The minimum absolute atomic E-state index is 0.00652. The molecule has 2 heterocycles. The van der Waals surface area contributed by atoms with E-state index in [1.54, 1.807) is 19.1 Å². The highest BCUT2D eigenvalue weighted by atomic mass is 35.5. The summed E-state index contributed by atoms with van der Waals surface area (Å²) in [6, 6.07) is 32.7. The van der Waals surface area contributed by atoms with E-state index in [0.29, 0.717) is 56.4 Å². The van der Waals surface area contributed by atoms with Gasteiger partial charge in [0, 0.05) is 24.6 Å². The van der Waals surface area contributed by atoms with Crippen molar-refractivity contribution in [1.82, 2.24) is 19.3 Å². The molecule has 12 nitrogen and oxygen atoms in total. The lowest BCUT2D eigenvalue weighted by molar-refractivity contribution is -0.143. The van der Waals surface area contributed by atoms with Crippen LogP contribution in [0.15, 0.2) is 103 Å². The lowest BCUT2D eigenvalue weighted by atomic mass is 9.84. The van der Waals surface area contributed by atoms with Crippen molar-refractivity contribution in [3.63, 3.8) is 0 Å². The second-order valence-corrected chi connectivity index (χ2v) is 16.2. The summed E-state index contributed by atoms with van der Waals surface area (Å²) in [7, 11) is -4.17. The topological polar surface area (TPSA) is 131 Å². The Bertz CT molecular complexity index is 2500. The highest BCUT2D eigenvalue weighted by Crippen LogP contribution is 2.41. The predicted octanol–water partition coefficient (Wildman–Crippen LogP) is 8.24. The maximum Gasteiger partial charge on any atom is 0.385 e. The molecule has 1 unspecified atom stereocenters. The van der Waals surface area contributed by atoms with Crippen molar-refractivity contribution < 1.29 is 36.3 Å². The molecule has 308 valence electrons. The molecule has 0 N–H and O–H groups in total. The second kappa shape index (κ2) is 19.2. The third-order valence-electron chi connectivity index (χ3n) is 10.3. The molecule has 6 aromatic rings. The Morgan fingerprint density at radius 1 is 0.881 bits per heavy atom. The molecule has 0 saturated heterocycles. The molecule has 1 aromatic heterocycles. The van der Waals surface area contributed by atoms with E-state index in [0.717, 1.165) is 44.5 Å². The Morgan fingerprint density at radius 2 is 1.61 bits per heavy atom. The van der Waals surface area contributed by atoms with Crippen LogP contribution in [-0.4, -0.2) is 60.1 Å². The zero-order valence-corrected chi connectivity index (χ0v) is 34.9. The van der Waals surface area contributed by atoms with E-state index in [4.69, 9.17) is 34.7 Å². The Morgan fingerprint density at radius 3 is 2.36 bits per heavy atom. The van der Waals surface area contributed by atoms with Gasteiger partial charge in [0.25, 0.3) is 0 Å². The van der Waals surface area contributed by atoms with Gasteiger partial charge in [-0.15, -0.1) is 5.10 Å². The van der Waals surface area contributed by atoms with Crippen LogP contribution in [0.4, 0.5) is 0 Å². The number of carbonyl (C=O) groups excluding carboxylic acids is 1. The van der Waals surface area contributed by atoms with Crippen LogP contribution in [0.25, 0.3) is 11.0 Å². The van der Waals surface area contributed by atoms with Crippen molar-refractivity contribution in [2.45, 2.75) is 66.0 Å². The first kappa shape index (κ1) is 41.8. The number of benzene rings is 5. The Kier molecular flexibility index (Phi) is 13.6. The molecule has 1 aliphatic rings. The molecule has 1 atom stereocenters. The van der Waals surface area contributed by atoms with Gasteiger partial charge in [-0.1, -0.05) is 102 Å². The molecule has 0 amide bonds. The molecular weight excluding hydrogens is 792 g/mol. The molecule has 5 aromatic carbocycles. The number of nitrogens with zero attached hydrogens (tertiary/aromatic N) is 4. The molecule has 0 radical (unpaired) electrons. The molecule has 0 bridgehead atoms. The predicted molar refractivity (Wildman–Crippen MR) is 224 cm³/mol. The van der Waals surface area contributed by atoms with Gasteiger partial charge in [-0.05, 0) is 77.9 Å². The summed E-state index contributed by atoms with van der Waals surface area (Å²) >= 11 is 6.83. The van der Waals surface area contributed by atoms with Crippen LogP contribution in [0.2, 0.25) is 5.02 Å². The molecule has 0 saturated carbocycles. The highest BCUT2D eigenvalue weighted by Gasteiger charge is 2.34. The van der Waals surface area contributed by atoms with Crippen LogP contribution in [0.1, 0.15) is 63.8 Å². The van der Waals surface area contributed by atoms with Gasteiger partial charge < -0.3 is 23.1 Å². The number of hydrogen-bond acceptors (Lipinski definition) is 10. The summed E-state index contributed by atoms with van der Waals surface area (Å²) in [6.07, 6.45) is 0.0663. The van der Waals surface area contributed by atoms with Crippen LogP contribution in [-0.2, 0) is 62.2 Å². The summed E-state index contributed by atoms with van der Waals surface area (Å²) in [6.45, 7) is 8.61. The van der Waals surface area contributed by atoms with Crippen molar-refractivity contribution in [1.29, 1.82) is 0 Å². The van der Waals surface area contributed by atoms with Crippen LogP contribution in [0.3, 0.4) is 0 Å². The molecule has 59 heavy (non-hydrogen) atoms. The number of carbonyl (C=O) groups is 1. The van der Waals surface area contributed by atoms with E-state index in [1.807, 2.05) is 110 Å². The quantitative estimate of drug-likeness (QED) is 0.0616. The maximum absolute atomic E-state index is 13.5. The summed E-state index contributed by atoms with van der Waals surface area (Å²) < 4.78 is 58.6. The largest absolute Gasteiger partial charge is 0.487 e. The number of fused-ring (bicyclic) bond motifs is 2. The third kappa shape index (κ3) is 10.1. The van der Waals surface area contributed by atoms with Crippen molar-refractivity contribution in [2.24, 2.45) is 0 Å². The average molecular weight is 839 g/mol. The van der Waals surface area contributed by atoms with Crippen molar-refractivity contribution in [3.05, 3.63) is 153 Å². The van der Waals surface area contributed by atoms with Crippen LogP contribution in [0.5, 0.6) is 11.5 Å². The first-order valence-electron chi connectivity index (χ1n) is 19.6. The first-order valence-corrected chi connectivity index (χ1v) is 21.3. The minimum Gasteiger partial charge on any atom is -0.487 e. The summed E-state index contributed by atoms with van der Waals surface area (Å²) in [4.78, 5) is 13.1. The zero-order chi connectivity index (χ0) is 41.4. The molecule has 0 fully saturated rings. The third-order valence-corrected chi connectivity index (χ3v) is 12.0. The fourth-order valence-electron chi connectivity index (χ4n) is 7.13. The van der Waals surface area contributed by atoms with Crippen LogP contribution >= 0.6 is 11.6 Å². The van der Waals surface area contributed by atoms with Crippen molar-refractivity contribution in [2.75, 3.05) is 26.4 Å². The lowest BCUT2D eigenvalue weighted by Crippen LogP contribution is -2.37. The van der Waals surface area contributed by atoms with E-state index in [1.165, 1.54) is 4.31 Å². The molecule has 0 spiro atoms. The van der Waals surface area contributed by atoms with Crippen molar-refractivity contribution in [3.8, 4) is 11.5 Å². The monoisotopic (exact) mass is 838 g/mol. The summed E-state index contributed by atoms with van der Waals surface area (Å²) in [5.41, 5.74) is 8.36. The standard InChI is InChI=1S/C45H47ClN4O8S/c1-4-56-43(51)26-38(37-17-18-40-45(32(37)3)47-48-50(40)21-22-54-23-24-55-29-33-11-7-5-8-12-33)35-16-15-31(2)36(25-35)27-49-28-39-41(58-59(49,52)53)19-20-42(44(39)46)57-30-34-13-9-6-10-14-34/h5-20,25,38H,4,21-24,26-30H2,1-3H3. The van der Waals surface area contributed by atoms with E-state index < -0.39 is 16.2 Å². The van der Waals surface area contributed by atoms with Crippen LogP contribution in [0, 0.1) is 13.8 Å². The Labute approximate surface area is 349 Å². The number of hydrogen-bond donors (Lipinski definition) is 0. The SMILES string of the molecule is CCOC(=O)CC(c1ccc(C)c(CN2Cc3c(ccc(OCc4ccccc4)c3Cl)OS2(=O)=O)c1)c1ccc2c(nnn2CCOCCOCc2ccccc2)c1C. The average Bonchev–Trinajstić information content (AvgIpc) is 3.65. The van der Waals surface area contributed by atoms with Gasteiger partial charge in [-0.3, -0.25) is 4.79 Å². The number of esters is 1. The number of halogens is 1. The fourth-order valence-corrected chi connectivity index (χ4v) is 8.48. The van der Waals surface area contributed by atoms with E-state index >= 15 is 0 Å². The normalized spacial score (nSPS) is 14.1. The van der Waals surface area contributed by atoms with Crippen LogP contribution < -0.4 is 8.92 Å². The van der Waals surface area contributed by atoms with Gasteiger partial charge in [-0.25, -0.2) is 4.68 Å². The number of rotatable bonds is 18. The molecule has 7 rings (SSSR count). The van der Waals surface area contributed by atoms with E-state index in [2.05, 4.69) is 10.3 Å². The first-order chi connectivity index (χ1) is 28.6. The van der Waals surface area contributed by atoms with Gasteiger partial charge >= 0.3 is 16.3 Å². The van der Waals surface area contributed by atoms with E-state index in [9.17, 15) is 13.2 Å². The van der Waals surface area contributed by atoms with Gasteiger partial charge in [0.15, 0.2) is 0 Å². The summed E-state index contributed by atoms with van der Waals surface area (Å²) in [5.74, 6) is -0.178. The van der Waals surface area contributed by atoms with Gasteiger partial charge in [0.1, 0.15) is 23.6 Å². The highest BCUT2D eigenvalue weighted by molar-refractivity contribution is 7.84. The van der Waals surface area contributed by atoms with Gasteiger partial charge in [0.05, 0.1) is 56.5 Å². The fraction of sp³-hybridized carbons (Fsp3) is 0.311. The molecule has 14 heteroatoms. The van der Waals surface area contributed by atoms with Crippen molar-refractivity contribution >= 4 is 38.9 Å². The zero-order valence-electron chi connectivity index (χ0n) is 33.3.